The molecule has 1 aromatic carbocycles. The van der Waals surface area contributed by atoms with Gasteiger partial charge in [0.25, 0.3) is 11.6 Å². The van der Waals surface area contributed by atoms with Gasteiger partial charge in [0.2, 0.25) is 0 Å². The molecule has 0 radical (unpaired) electrons. The highest BCUT2D eigenvalue weighted by atomic mass is 35.5. The summed E-state index contributed by atoms with van der Waals surface area (Å²) < 4.78 is 0. The standard InChI is InChI=1S/C14H19N3O3.ClH/c1-9-5-12(7-13(6-9)17(19)20)14(18)16-4-3-11(8-16)10(2)15;/h5-7,10-11H,3-4,8,15H2,1-2H3;1H. The van der Waals surface area contributed by atoms with Gasteiger partial charge in [-0.15, -0.1) is 12.4 Å². The lowest BCUT2D eigenvalue weighted by Crippen LogP contribution is -2.33. The van der Waals surface area contributed by atoms with Crippen molar-refractivity contribution in [2.45, 2.75) is 26.3 Å². The first kappa shape index (κ1) is 17.4. The maximum atomic E-state index is 12.4. The van der Waals surface area contributed by atoms with Gasteiger partial charge in [-0.25, -0.2) is 0 Å². The highest BCUT2D eigenvalue weighted by molar-refractivity contribution is 5.95. The van der Waals surface area contributed by atoms with Gasteiger partial charge in [0.15, 0.2) is 0 Å². The van der Waals surface area contributed by atoms with Crippen LogP contribution in [0.5, 0.6) is 0 Å². The fourth-order valence-corrected chi connectivity index (χ4v) is 2.58. The van der Waals surface area contributed by atoms with Crippen LogP contribution in [0.2, 0.25) is 0 Å². The van der Waals surface area contributed by atoms with Crippen LogP contribution in [0.15, 0.2) is 18.2 Å². The number of nitro groups is 1. The molecule has 2 unspecified atom stereocenters. The van der Waals surface area contributed by atoms with Crippen LogP contribution in [0.4, 0.5) is 5.69 Å². The molecule has 6 nitrogen and oxygen atoms in total. The van der Waals surface area contributed by atoms with E-state index in [0.29, 0.717) is 30.1 Å². The summed E-state index contributed by atoms with van der Waals surface area (Å²) in [5, 5.41) is 10.9. The highest BCUT2D eigenvalue weighted by Gasteiger charge is 2.29. The van der Waals surface area contributed by atoms with Crippen LogP contribution >= 0.6 is 12.4 Å². The SMILES string of the molecule is Cc1cc(C(=O)N2CCC(C(C)N)C2)cc([N+](=O)[O-])c1.Cl. The Balaban J connectivity index is 0.00000220. The zero-order valence-corrected chi connectivity index (χ0v) is 12.9. The predicted octanol–water partition coefficient (Wildman–Crippen LogP) is 2.13. The molecule has 1 fully saturated rings. The smallest absolute Gasteiger partial charge is 0.270 e. The lowest BCUT2D eigenvalue weighted by Gasteiger charge is -2.18. The summed E-state index contributed by atoms with van der Waals surface area (Å²) >= 11 is 0. The Morgan fingerprint density at radius 2 is 2.14 bits per heavy atom. The van der Waals surface area contributed by atoms with Crippen molar-refractivity contribution in [2.75, 3.05) is 13.1 Å². The summed E-state index contributed by atoms with van der Waals surface area (Å²) in [6.07, 6.45) is 0.886. The van der Waals surface area contributed by atoms with Gasteiger partial charge in [0.1, 0.15) is 0 Å². The molecule has 1 aromatic rings. The number of hydrogen-bond acceptors (Lipinski definition) is 4. The van der Waals surface area contributed by atoms with Crippen molar-refractivity contribution in [3.05, 3.63) is 39.4 Å². The average molecular weight is 314 g/mol. The minimum Gasteiger partial charge on any atom is -0.338 e. The number of carbonyl (C=O) groups is 1. The van der Waals surface area contributed by atoms with Crippen LogP contribution in [0.25, 0.3) is 0 Å². The summed E-state index contributed by atoms with van der Waals surface area (Å²) in [4.78, 5) is 24.5. The lowest BCUT2D eigenvalue weighted by molar-refractivity contribution is -0.384. The molecule has 1 aliphatic heterocycles. The van der Waals surface area contributed by atoms with E-state index in [1.54, 1.807) is 17.9 Å². The summed E-state index contributed by atoms with van der Waals surface area (Å²) in [5.74, 6) is 0.152. The number of rotatable bonds is 3. The Bertz CT molecular complexity index is 548. The zero-order chi connectivity index (χ0) is 14.9. The largest absolute Gasteiger partial charge is 0.338 e. The van der Waals surface area contributed by atoms with Crippen LogP contribution in [-0.2, 0) is 0 Å². The molecule has 0 aliphatic carbocycles. The number of nitrogens with zero attached hydrogens (tertiary/aromatic N) is 2. The number of benzene rings is 1. The van der Waals surface area contributed by atoms with Gasteiger partial charge in [-0.1, -0.05) is 0 Å². The van der Waals surface area contributed by atoms with Crippen molar-refractivity contribution < 1.29 is 9.72 Å². The molecular weight excluding hydrogens is 294 g/mol. The second kappa shape index (κ2) is 6.87. The van der Waals surface area contributed by atoms with Gasteiger partial charge >= 0.3 is 0 Å². The number of likely N-dealkylation sites (tertiary alicyclic amines) is 1. The number of aryl methyl sites for hydroxylation is 1. The molecule has 1 amide bonds. The van der Waals surface area contributed by atoms with Crippen LogP contribution in [-0.4, -0.2) is 34.9 Å². The van der Waals surface area contributed by atoms with Crippen molar-refractivity contribution in [1.82, 2.24) is 4.90 Å². The van der Waals surface area contributed by atoms with Gasteiger partial charge in [0, 0.05) is 36.8 Å². The van der Waals surface area contributed by atoms with E-state index in [1.165, 1.54) is 12.1 Å². The summed E-state index contributed by atoms with van der Waals surface area (Å²) in [5.41, 5.74) is 6.90. The molecule has 2 N–H and O–H groups in total. The fourth-order valence-electron chi connectivity index (χ4n) is 2.58. The molecule has 0 spiro atoms. The van der Waals surface area contributed by atoms with Crippen molar-refractivity contribution in [3.8, 4) is 0 Å². The first-order valence-corrected chi connectivity index (χ1v) is 6.69. The van der Waals surface area contributed by atoms with E-state index in [-0.39, 0.29) is 30.0 Å². The Labute approximate surface area is 129 Å². The Kier molecular flexibility index (Phi) is 5.69. The lowest BCUT2D eigenvalue weighted by atomic mass is 10.0. The number of halogens is 1. The zero-order valence-electron chi connectivity index (χ0n) is 12.1. The van der Waals surface area contributed by atoms with Gasteiger partial charge in [-0.2, -0.15) is 0 Å². The van der Waals surface area contributed by atoms with E-state index >= 15 is 0 Å². The van der Waals surface area contributed by atoms with Gasteiger partial charge in [-0.3, -0.25) is 14.9 Å². The van der Waals surface area contributed by atoms with E-state index in [1.807, 2.05) is 6.92 Å². The molecule has 0 aromatic heterocycles. The van der Waals surface area contributed by atoms with E-state index in [4.69, 9.17) is 5.73 Å². The third-order valence-corrected chi connectivity index (χ3v) is 3.78. The Hall–Kier alpha value is -1.66. The molecule has 2 rings (SSSR count). The first-order chi connectivity index (χ1) is 9.38. The molecule has 116 valence electrons. The second-order valence-electron chi connectivity index (χ2n) is 5.47. The number of nitro benzene ring substituents is 1. The van der Waals surface area contributed by atoms with E-state index in [2.05, 4.69) is 0 Å². The Morgan fingerprint density at radius 1 is 1.48 bits per heavy atom. The number of non-ortho nitro benzene ring substituents is 1. The third-order valence-electron chi connectivity index (χ3n) is 3.78. The van der Waals surface area contributed by atoms with Gasteiger partial charge in [0.05, 0.1) is 4.92 Å². The van der Waals surface area contributed by atoms with E-state index in [0.717, 1.165) is 6.42 Å². The topological polar surface area (TPSA) is 89.5 Å². The maximum Gasteiger partial charge on any atom is 0.270 e. The van der Waals surface area contributed by atoms with Gasteiger partial charge < -0.3 is 10.6 Å². The number of amides is 1. The molecular formula is C14H20ClN3O3. The van der Waals surface area contributed by atoms with E-state index in [9.17, 15) is 14.9 Å². The van der Waals surface area contributed by atoms with Crippen LogP contribution in [0, 0.1) is 23.0 Å². The maximum absolute atomic E-state index is 12.4. The number of hydrogen-bond donors (Lipinski definition) is 1. The summed E-state index contributed by atoms with van der Waals surface area (Å²) in [7, 11) is 0. The van der Waals surface area contributed by atoms with Gasteiger partial charge in [-0.05, 0) is 37.8 Å². The minimum atomic E-state index is -0.474. The molecule has 7 heteroatoms. The van der Waals surface area contributed by atoms with Crippen molar-refractivity contribution in [3.63, 3.8) is 0 Å². The second-order valence-corrected chi connectivity index (χ2v) is 5.47. The van der Waals surface area contributed by atoms with Crippen molar-refractivity contribution >= 4 is 24.0 Å². The molecule has 21 heavy (non-hydrogen) atoms. The number of nitrogens with two attached hydrogens (primary N) is 1. The summed E-state index contributed by atoms with van der Waals surface area (Å²) in [6, 6.07) is 4.55. The molecule has 1 aliphatic rings. The Morgan fingerprint density at radius 3 is 2.67 bits per heavy atom. The van der Waals surface area contributed by atoms with Crippen LogP contribution in [0.3, 0.4) is 0 Å². The first-order valence-electron chi connectivity index (χ1n) is 6.69. The number of carbonyl (C=O) groups excluding carboxylic acids is 1. The predicted molar refractivity (Wildman–Crippen MR) is 82.7 cm³/mol. The van der Waals surface area contributed by atoms with Crippen molar-refractivity contribution in [1.29, 1.82) is 0 Å². The summed E-state index contributed by atoms with van der Waals surface area (Å²) in [6.45, 7) is 4.97. The minimum absolute atomic E-state index is 0. The molecule has 1 saturated heterocycles. The normalized spacial score (nSPS) is 19.0. The highest BCUT2D eigenvalue weighted by Crippen LogP contribution is 2.23. The monoisotopic (exact) mass is 313 g/mol. The fraction of sp³-hybridized carbons (Fsp3) is 0.500. The quantitative estimate of drug-likeness (QED) is 0.683. The van der Waals surface area contributed by atoms with E-state index < -0.39 is 4.92 Å². The van der Waals surface area contributed by atoms with Crippen molar-refractivity contribution in [2.24, 2.45) is 11.7 Å². The van der Waals surface area contributed by atoms with Crippen LogP contribution < -0.4 is 5.73 Å². The molecule has 2 atom stereocenters. The molecule has 0 saturated carbocycles. The molecule has 1 heterocycles. The third kappa shape index (κ3) is 3.92. The molecule has 0 bridgehead atoms. The van der Waals surface area contributed by atoms with Crippen LogP contribution in [0.1, 0.15) is 29.3 Å². The average Bonchev–Trinajstić information content (AvgIpc) is 2.86.